The summed E-state index contributed by atoms with van der Waals surface area (Å²) >= 11 is 0. The summed E-state index contributed by atoms with van der Waals surface area (Å²) in [5.74, 6) is -0.271. The molecule has 1 aliphatic rings. The van der Waals surface area contributed by atoms with Crippen molar-refractivity contribution in [1.82, 2.24) is 0 Å². The van der Waals surface area contributed by atoms with E-state index in [1.54, 1.807) is 17.0 Å². The number of benzene rings is 3. The number of aliphatic hydroxyl groups excluding tert-OH is 1. The molecule has 4 heteroatoms. The van der Waals surface area contributed by atoms with E-state index < -0.39 is 0 Å². The molecule has 3 aromatic carbocycles. The first-order chi connectivity index (χ1) is 15.2. The normalized spacial score (nSPS) is 18.1. The molecule has 160 valence electrons. The maximum atomic E-state index is 13.4. The summed E-state index contributed by atoms with van der Waals surface area (Å²) in [5.41, 5.74) is 4.30. The molecule has 0 saturated carbocycles. The molecule has 4 rings (SSSR count). The molecule has 0 bridgehead atoms. The lowest BCUT2D eigenvalue weighted by Crippen LogP contribution is -2.55. The predicted octanol–water partition coefficient (Wildman–Crippen LogP) is 5.48. The standard InChI is InChI=1S/C27H28FNO2/c28-23-15-17-24(18-16-23)29-26(22-13-11-21(12-14-22)9-5-19-30)25(27(29)31)10-4-8-20-6-2-1-3-7-20/h1-3,6-7,11-18,25-26,30H,4-5,8-10,19H2/t25-,26-/m1/s1. The molecule has 0 aromatic heterocycles. The number of carbonyl (C=O) groups is 1. The zero-order valence-corrected chi connectivity index (χ0v) is 17.6. The number of halogens is 1. The van der Waals surface area contributed by atoms with E-state index in [9.17, 15) is 9.18 Å². The van der Waals surface area contributed by atoms with Crippen LogP contribution in [0.1, 0.15) is 42.0 Å². The fourth-order valence-corrected chi connectivity index (χ4v) is 4.44. The van der Waals surface area contributed by atoms with Crippen LogP contribution in [-0.4, -0.2) is 17.6 Å². The van der Waals surface area contributed by atoms with Crippen LogP contribution in [0.4, 0.5) is 10.1 Å². The van der Waals surface area contributed by atoms with Gasteiger partial charge in [-0.3, -0.25) is 4.79 Å². The van der Waals surface area contributed by atoms with Gasteiger partial charge >= 0.3 is 0 Å². The minimum absolute atomic E-state index is 0.0411. The highest BCUT2D eigenvalue weighted by Crippen LogP contribution is 2.45. The Hall–Kier alpha value is -2.98. The molecule has 0 spiro atoms. The molecular formula is C27H28FNO2. The Bertz CT molecular complexity index is 986. The summed E-state index contributed by atoms with van der Waals surface area (Å²) in [6, 6.07) is 24.8. The van der Waals surface area contributed by atoms with Crippen LogP contribution in [-0.2, 0) is 17.6 Å². The third-order valence-corrected chi connectivity index (χ3v) is 6.09. The first-order valence-electron chi connectivity index (χ1n) is 11.0. The Morgan fingerprint density at radius 1 is 0.806 bits per heavy atom. The lowest BCUT2D eigenvalue weighted by molar-refractivity contribution is -0.130. The number of rotatable bonds is 9. The van der Waals surface area contributed by atoms with E-state index in [0.29, 0.717) is 0 Å². The summed E-state index contributed by atoms with van der Waals surface area (Å²) in [7, 11) is 0. The van der Waals surface area contributed by atoms with Gasteiger partial charge in [0.25, 0.3) is 0 Å². The van der Waals surface area contributed by atoms with Gasteiger partial charge in [-0.2, -0.15) is 0 Å². The molecule has 0 unspecified atom stereocenters. The quantitative estimate of drug-likeness (QED) is 0.469. The Balaban J connectivity index is 1.52. The van der Waals surface area contributed by atoms with Gasteiger partial charge in [-0.1, -0.05) is 54.6 Å². The smallest absolute Gasteiger partial charge is 0.233 e. The molecule has 1 saturated heterocycles. The maximum absolute atomic E-state index is 13.4. The lowest BCUT2D eigenvalue weighted by atomic mass is 9.78. The highest BCUT2D eigenvalue weighted by molar-refractivity contribution is 6.03. The minimum Gasteiger partial charge on any atom is -0.396 e. The SMILES string of the molecule is O=C1[C@H](CCCc2ccccc2)[C@@H](c2ccc(CCCO)cc2)N1c1ccc(F)cc1. The number of hydrogen-bond acceptors (Lipinski definition) is 2. The average molecular weight is 418 g/mol. The van der Waals surface area contributed by atoms with Crippen molar-refractivity contribution >= 4 is 11.6 Å². The molecule has 1 heterocycles. The number of aryl methyl sites for hydroxylation is 2. The van der Waals surface area contributed by atoms with Crippen LogP contribution in [0.15, 0.2) is 78.9 Å². The Labute approximate surface area is 183 Å². The topological polar surface area (TPSA) is 40.5 Å². The summed E-state index contributed by atoms with van der Waals surface area (Å²) < 4.78 is 13.4. The molecule has 3 aromatic rings. The number of nitrogens with zero attached hydrogens (tertiary/aromatic N) is 1. The first-order valence-corrected chi connectivity index (χ1v) is 11.0. The van der Waals surface area contributed by atoms with Crippen molar-refractivity contribution in [3.8, 4) is 0 Å². The third kappa shape index (κ3) is 4.86. The second-order valence-electron chi connectivity index (χ2n) is 8.18. The van der Waals surface area contributed by atoms with E-state index in [2.05, 4.69) is 36.4 Å². The molecule has 2 atom stereocenters. The van der Waals surface area contributed by atoms with Gasteiger partial charge in [0.1, 0.15) is 5.82 Å². The molecule has 1 N–H and O–H groups in total. The van der Waals surface area contributed by atoms with Gasteiger partial charge in [0.2, 0.25) is 5.91 Å². The number of amides is 1. The Morgan fingerprint density at radius 2 is 1.45 bits per heavy atom. The number of anilines is 1. The van der Waals surface area contributed by atoms with Crippen molar-refractivity contribution in [2.75, 3.05) is 11.5 Å². The molecule has 3 nitrogen and oxygen atoms in total. The number of hydrogen-bond donors (Lipinski definition) is 1. The largest absolute Gasteiger partial charge is 0.396 e. The molecular weight excluding hydrogens is 389 g/mol. The van der Waals surface area contributed by atoms with Crippen LogP contribution in [0, 0.1) is 11.7 Å². The Morgan fingerprint density at radius 3 is 2.13 bits per heavy atom. The summed E-state index contributed by atoms with van der Waals surface area (Å²) in [6.45, 7) is 0.181. The van der Waals surface area contributed by atoms with Gasteiger partial charge in [-0.05, 0) is 73.1 Å². The Kier molecular flexibility index (Phi) is 6.78. The van der Waals surface area contributed by atoms with Crippen molar-refractivity contribution in [1.29, 1.82) is 0 Å². The number of β-lactam (4-membered cyclic amide) rings is 1. The zero-order valence-electron chi connectivity index (χ0n) is 17.6. The van der Waals surface area contributed by atoms with E-state index in [1.165, 1.54) is 23.3 Å². The second kappa shape index (κ2) is 9.88. The monoisotopic (exact) mass is 417 g/mol. The highest BCUT2D eigenvalue weighted by atomic mass is 19.1. The first kappa shape index (κ1) is 21.3. The van der Waals surface area contributed by atoms with Gasteiger partial charge in [-0.15, -0.1) is 0 Å². The second-order valence-corrected chi connectivity index (χ2v) is 8.18. The molecule has 0 radical (unpaired) electrons. The van der Waals surface area contributed by atoms with E-state index in [4.69, 9.17) is 5.11 Å². The fourth-order valence-electron chi connectivity index (χ4n) is 4.44. The molecule has 1 fully saturated rings. The highest BCUT2D eigenvalue weighted by Gasteiger charge is 2.48. The molecule has 31 heavy (non-hydrogen) atoms. The van der Waals surface area contributed by atoms with Crippen molar-refractivity contribution in [3.63, 3.8) is 0 Å². The van der Waals surface area contributed by atoms with Crippen LogP contribution in [0.5, 0.6) is 0 Å². The van der Waals surface area contributed by atoms with Crippen molar-refractivity contribution in [2.45, 2.75) is 38.1 Å². The predicted molar refractivity (Wildman–Crippen MR) is 121 cm³/mol. The minimum atomic E-state index is -0.305. The lowest BCUT2D eigenvalue weighted by Gasteiger charge is -2.47. The van der Waals surface area contributed by atoms with E-state index in [1.807, 2.05) is 18.2 Å². The van der Waals surface area contributed by atoms with Crippen molar-refractivity contribution in [2.24, 2.45) is 5.92 Å². The van der Waals surface area contributed by atoms with E-state index in [0.717, 1.165) is 43.4 Å². The van der Waals surface area contributed by atoms with Gasteiger partial charge in [0.15, 0.2) is 0 Å². The van der Waals surface area contributed by atoms with E-state index in [-0.39, 0.29) is 30.3 Å². The van der Waals surface area contributed by atoms with E-state index >= 15 is 0 Å². The maximum Gasteiger partial charge on any atom is 0.233 e. The fraction of sp³-hybridized carbons (Fsp3) is 0.296. The van der Waals surface area contributed by atoms with Crippen molar-refractivity contribution < 1.29 is 14.3 Å². The summed E-state index contributed by atoms with van der Waals surface area (Å²) in [5, 5.41) is 9.06. The van der Waals surface area contributed by atoms with Gasteiger partial charge in [-0.25, -0.2) is 4.39 Å². The van der Waals surface area contributed by atoms with Crippen LogP contribution in [0.25, 0.3) is 0 Å². The van der Waals surface area contributed by atoms with Crippen LogP contribution < -0.4 is 4.90 Å². The summed E-state index contributed by atoms with van der Waals surface area (Å²) in [4.78, 5) is 14.9. The molecule has 1 aliphatic heterocycles. The summed E-state index contributed by atoms with van der Waals surface area (Å²) in [6.07, 6.45) is 4.30. The molecule has 0 aliphatic carbocycles. The van der Waals surface area contributed by atoms with Crippen LogP contribution in [0.3, 0.4) is 0 Å². The zero-order chi connectivity index (χ0) is 21.6. The number of carbonyl (C=O) groups excluding carboxylic acids is 1. The number of aliphatic hydroxyl groups is 1. The van der Waals surface area contributed by atoms with Crippen LogP contribution >= 0.6 is 0 Å². The van der Waals surface area contributed by atoms with Crippen molar-refractivity contribution in [3.05, 3.63) is 101 Å². The van der Waals surface area contributed by atoms with Gasteiger partial charge in [0.05, 0.1) is 12.0 Å². The van der Waals surface area contributed by atoms with Gasteiger partial charge in [0, 0.05) is 12.3 Å². The molecule has 1 amide bonds. The van der Waals surface area contributed by atoms with Gasteiger partial charge < -0.3 is 10.0 Å². The average Bonchev–Trinajstić information content (AvgIpc) is 2.81. The van der Waals surface area contributed by atoms with Crippen LogP contribution in [0.2, 0.25) is 0 Å². The third-order valence-electron chi connectivity index (χ3n) is 6.09.